The third kappa shape index (κ3) is 4.99. The lowest BCUT2D eigenvalue weighted by atomic mass is 10.1. The number of carbonyl (C=O) groups excluding carboxylic acids is 2. The van der Waals surface area contributed by atoms with Crippen LogP contribution in [-0.4, -0.2) is 23.2 Å². The summed E-state index contributed by atoms with van der Waals surface area (Å²) in [6, 6.07) is 14.0. The van der Waals surface area contributed by atoms with Crippen LogP contribution in [0.15, 0.2) is 69.5 Å². The van der Waals surface area contributed by atoms with E-state index in [1.165, 1.54) is 0 Å². The second-order valence-corrected chi connectivity index (χ2v) is 7.70. The van der Waals surface area contributed by atoms with Gasteiger partial charge in [0.15, 0.2) is 0 Å². The van der Waals surface area contributed by atoms with Gasteiger partial charge in [0.25, 0.3) is 11.8 Å². The van der Waals surface area contributed by atoms with Crippen LogP contribution in [0.1, 0.15) is 44.3 Å². The Morgan fingerprint density at radius 1 is 0.714 bits per heavy atom. The van der Waals surface area contributed by atoms with E-state index >= 15 is 0 Å². The molecule has 0 aliphatic carbocycles. The average Bonchev–Trinajstić information content (AvgIpc) is 3.44. The number of benzene rings is 1. The number of hydrogen-bond acceptors (Lipinski definition) is 6. The van der Waals surface area contributed by atoms with Gasteiger partial charge in [-0.2, -0.15) is 10.2 Å². The Bertz CT molecular complexity index is 922. The van der Waals surface area contributed by atoms with Gasteiger partial charge in [-0.15, -0.1) is 22.7 Å². The molecule has 28 heavy (non-hydrogen) atoms. The summed E-state index contributed by atoms with van der Waals surface area (Å²) in [5.74, 6) is -0.677. The molecule has 0 atom stereocenters. The molecule has 2 heterocycles. The van der Waals surface area contributed by atoms with Crippen molar-refractivity contribution in [1.82, 2.24) is 10.9 Å². The monoisotopic (exact) mass is 410 g/mol. The number of carbonyl (C=O) groups is 2. The Morgan fingerprint density at radius 2 is 1.11 bits per heavy atom. The third-order valence-electron chi connectivity index (χ3n) is 3.82. The molecule has 0 fully saturated rings. The number of nitrogens with one attached hydrogen (secondary N) is 2. The lowest BCUT2D eigenvalue weighted by molar-refractivity contribution is 0.0943. The normalized spacial score (nSPS) is 11.9. The maximum Gasteiger partial charge on any atom is 0.271 e. The Hall–Kier alpha value is -3.10. The SMILES string of the molecule is C/C(=N/NC(=O)c1ccc(C(=O)N/N=C(/C)c2cccs2)cc1)c1cccs1. The summed E-state index contributed by atoms with van der Waals surface area (Å²) < 4.78 is 0. The fourth-order valence-electron chi connectivity index (χ4n) is 2.25. The number of amides is 2. The van der Waals surface area contributed by atoms with Crippen molar-refractivity contribution < 1.29 is 9.59 Å². The molecule has 0 saturated carbocycles. The molecule has 6 nitrogen and oxygen atoms in total. The van der Waals surface area contributed by atoms with Crippen molar-refractivity contribution in [2.75, 3.05) is 0 Å². The van der Waals surface area contributed by atoms with Crippen molar-refractivity contribution in [2.45, 2.75) is 13.8 Å². The van der Waals surface area contributed by atoms with Crippen LogP contribution in [0.25, 0.3) is 0 Å². The summed E-state index contributed by atoms with van der Waals surface area (Å²) in [7, 11) is 0. The van der Waals surface area contributed by atoms with Gasteiger partial charge in [0.2, 0.25) is 0 Å². The van der Waals surface area contributed by atoms with E-state index in [0.29, 0.717) is 11.1 Å². The molecular formula is C20H18N4O2S2. The predicted octanol–water partition coefficient (Wildman–Crippen LogP) is 4.12. The van der Waals surface area contributed by atoms with E-state index in [-0.39, 0.29) is 11.8 Å². The molecule has 142 valence electrons. The highest BCUT2D eigenvalue weighted by atomic mass is 32.1. The Labute approximate surface area is 170 Å². The van der Waals surface area contributed by atoms with Gasteiger partial charge < -0.3 is 0 Å². The zero-order valence-electron chi connectivity index (χ0n) is 15.3. The summed E-state index contributed by atoms with van der Waals surface area (Å²) in [5.41, 5.74) is 7.35. The number of nitrogens with zero attached hydrogens (tertiary/aromatic N) is 2. The van der Waals surface area contributed by atoms with Crippen LogP contribution >= 0.6 is 22.7 Å². The van der Waals surface area contributed by atoms with Gasteiger partial charge in [0, 0.05) is 20.9 Å². The molecule has 0 radical (unpaired) electrons. The summed E-state index contributed by atoms with van der Waals surface area (Å²) in [6.45, 7) is 3.66. The molecular weight excluding hydrogens is 392 g/mol. The van der Waals surface area contributed by atoms with Gasteiger partial charge in [-0.05, 0) is 61.0 Å². The van der Waals surface area contributed by atoms with E-state index in [1.54, 1.807) is 46.9 Å². The van der Waals surface area contributed by atoms with Crippen LogP contribution in [0, 0.1) is 0 Å². The molecule has 2 aromatic heterocycles. The van der Waals surface area contributed by atoms with Crippen molar-refractivity contribution in [1.29, 1.82) is 0 Å². The van der Waals surface area contributed by atoms with E-state index in [0.717, 1.165) is 21.2 Å². The molecule has 2 amide bonds. The van der Waals surface area contributed by atoms with Gasteiger partial charge >= 0.3 is 0 Å². The Kier molecular flexibility index (Phi) is 6.46. The molecule has 1 aromatic carbocycles. The van der Waals surface area contributed by atoms with Crippen molar-refractivity contribution >= 4 is 45.9 Å². The number of rotatable bonds is 6. The van der Waals surface area contributed by atoms with Crippen LogP contribution in [0.3, 0.4) is 0 Å². The molecule has 0 aliphatic rings. The first kappa shape index (κ1) is 19.7. The first-order chi connectivity index (χ1) is 13.5. The van der Waals surface area contributed by atoms with Crippen LogP contribution in [-0.2, 0) is 0 Å². The fraction of sp³-hybridized carbons (Fsp3) is 0.100. The lowest BCUT2D eigenvalue weighted by Crippen LogP contribution is -2.21. The summed E-state index contributed by atoms with van der Waals surface area (Å²) >= 11 is 3.11. The van der Waals surface area contributed by atoms with E-state index in [4.69, 9.17) is 0 Å². The molecule has 0 spiro atoms. The topological polar surface area (TPSA) is 82.9 Å². The Morgan fingerprint density at radius 3 is 1.43 bits per heavy atom. The molecule has 0 bridgehead atoms. The second kappa shape index (κ2) is 9.20. The average molecular weight is 411 g/mol. The molecule has 8 heteroatoms. The van der Waals surface area contributed by atoms with Gasteiger partial charge in [-0.3, -0.25) is 9.59 Å². The summed E-state index contributed by atoms with van der Waals surface area (Å²) in [6.07, 6.45) is 0. The van der Waals surface area contributed by atoms with Crippen molar-refractivity contribution in [3.63, 3.8) is 0 Å². The van der Waals surface area contributed by atoms with E-state index in [9.17, 15) is 9.59 Å². The molecule has 0 aliphatic heterocycles. The van der Waals surface area contributed by atoms with Crippen molar-refractivity contribution in [3.8, 4) is 0 Å². The van der Waals surface area contributed by atoms with E-state index in [2.05, 4.69) is 21.1 Å². The highest BCUT2D eigenvalue weighted by Gasteiger charge is 2.09. The van der Waals surface area contributed by atoms with Crippen LogP contribution in [0.2, 0.25) is 0 Å². The quantitative estimate of drug-likeness (QED) is 0.473. The zero-order valence-corrected chi connectivity index (χ0v) is 16.9. The first-order valence-electron chi connectivity index (χ1n) is 8.41. The van der Waals surface area contributed by atoms with Gasteiger partial charge in [0.1, 0.15) is 0 Å². The number of hydrazone groups is 2. The van der Waals surface area contributed by atoms with Gasteiger partial charge in [-0.25, -0.2) is 10.9 Å². The molecule has 3 rings (SSSR count). The van der Waals surface area contributed by atoms with Gasteiger partial charge in [0.05, 0.1) is 11.4 Å². The van der Waals surface area contributed by atoms with Crippen molar-refractivity contribution in [2.24, 2.45) is 10.2 Å². The predicted molar refractivity (Wildman–Crippen MR) is 114 cm³/mol. The van der Waals surface area contributed by atoms with E-state index < -0.39 is 0 Å². The highest BCUT2D eigenvalue weighted by Crippen LogP contribution is 2.11. The summed E-state index contributed by atoms with van der Waals surface area (Å²) in [4.78, 5) is 26.4. The minimum atomic E-state index is -0.338. The maximum atomic E-state index is 12.2. The van der Waals surface area contributed by atoms with Crippen LogP contribution in [0.4, 0.5) is 0 Å². The highest BCUT2D eigenvalue weighted by molar-refractivity contribution is 7.12. The molecule has 2 N–H and O–H groups in total. The number of hydrogen-bond donors (Lipinski definition) is 2. The van der Waals surface area contributed by atoms with E-state index in [1.807, 2.05) is 48.9 Å². The van der Waals surface area contributed by atoms with Crippen molar-refractivity contribution in [3.05, 3.63) is 80.2 Å². The minimum absolute atomic E-state index is 0.338. The van der Waals surface area contributed by atoms with Gasteiger partial charge in [-0.1, -0.05) is 12.1 Å². The largest absolute Gasteiger partial charge is 0.271 e. The fourth-order valence-corrected chi connectivity index (χ4v) is 3.60. The smallest absolute Gasteiger partial charge is 0.267 e. The molecule has 3 aromatic rings. The first-order valence-corrected chi connectivity index (χ1v) is 10.2. The zero-order chi connectivity index (χ0) is 19.9. The second-order valence-electron chi connectivity index (χ2n) is 5.81. The number of thiophene rings is 2. The Balaban J connectivity index is 1.59. The van der Waals surface area contributed by atoms with Crippen LogP contribution < -0.4 is 10.9 Å². The standard InChI is InChI=1S/C20H18N4O2S2/c1-13(17-5-3-11-27-17)21-23-19(25)15-7-9-16(10-8-15)20(26)24-22-14(2)18-6-4-12-28-18/h3-12H,1-2H3,(H,23,25)(H,24,26)/b21-13-,22-14-. The lowest BCUT2D eigenvalue weighted by Gasteiger charge is -2.04. The maximum absolute atomic E-state index is 12.2. The third-order valence-corrected chi connectivity index (χ3v) is 5.77. The summed E-state index contributed by atoms with van der Waals surface area (Å²) in [5, 5.41) is 12.1. The van der Waals surface area contributed by atoms with Crippen LogP contribution in [0.5, 0.6) is 0 Å². The molecule has 0 saturated heterocycles. The minimum Gasteiger partial charge on any atom is -0.267 e. The molecule has 0 unspecified atom stereocenters.